The predicted octanol–water partition coefficient (Wildman–Crippen LogP) is 2.35. The summed E-state index contributed by atoms with van der Waals surface area (Å²) in [4.78, 5) is 25.8. The second-order valence-electron chi connectivity index (χ2n) is 6.33. The van der Waals surface area contributed by atoms with E-state index in [-0.39, 0.29) is 23.8 Å². The normalized spacial score (nSPS) is 18.1. The molecule has 3 rings (SSSR count). The van der Waals surface area contributed by atoms with Crippen molar-refractivity contribution >= 4 is 22.8 Å². The third kappa shape index (κ3) is 3.38. The van der Waals surface area contributed by atoms with E-state index in [1.54, 1.807) is 4.90 Å². The average Bonchev–Trinajstić information content (AvgIpc) is 3.10. The topological polar surface area (TPSA) is 62.6 Å². The highest BCUT2D eigenvalue weighted by Crippen LogP contribution is 2.21. The van der Waals surface area contributed by atoms with Gasteiger partial charge in [0.05, 0.1) is 5.92 Å². The summed E-state index contributed by atoms with van der Waals surface area (Å²) in [6, 6.07) is 10.0. The Hall–Kier alpha value is -2.30. The zero-order valence-electron chi connectivity index (χ0n) is 13.5. The molecule has 1 saturated heterocycles. The second-order valence-corrected chi connectivity index (χ2v) is 6.33. The first-order valence-electron chi connectivity index (χ1n) is 8.09. The van der Waals surface area contributed by atoms with Crippen molar-refractivity contribution in [3.05, 3.63) is 36.1 Å². The van der Waals surface area contributed by atoms with E-state index in [0.717, 1.165) is 16.7 Å². The van der Waals surface area contributed by atoms with Gasteiger partial charge in [0.2, 0.25) is 11.8 Å². The van der Waals surface area contributed by atoms with Crippen molar-refractivity contribution in [1.82, 2.24) is 10.2 Å². The summed E-state index contributed by atoms with van der Waals surface area (Å²) in [5, 5.41) is 3.99. The van der Waals surface area contributed by atoms with Crippen LogP contribution in [0.15, 0.2) is 34.7 Å². The molecule has 2 heterocycles. The summed E-state index contributed by atoms with van der Waals surface area (Å²) in [5.41, 5.74) is 0.864. The smallest absolute Gasteiger partial charge is 0.225 e. The van der Waals surface area contributed by atoms with Crippen LogP contribution in [-0.4, -0.2) is 35.8 Å². The number of carbonyl (C=O) groups is 2. The number of hydrogen-bond donors (Lipinski definition) is 1. The molecule has 5 heteroatoms. The monoisotopic (exact) mass is 314 g/mol. The van der Waals surface area contributed by atoms with Crippen molar-refractivity contribution in [2.45, 2.75) is 32.7 Å². The minimum absolute atomic E-state index is 0.0439. The van der Waals surface area contributed by atoms with Gasteiger partial charge in [0.1, 0.15) is 11.3 Å². The zero-order chi connectivity index (χ0) is 16.4. The van der Waals surface area contributed by atoms with E-state index < -0.39 is 0 Å². The fourth-order valence-electron chi connectivity index (χ4n) is 3.02. The number of likely N-dealkylation sites (tertiary alicyclic amines) is 1. The molecule has 5 nitrogen and oxygen atoms in total. The minimum Gasteiger partial charge on any atom is -0.461 e. The molecule has 1 fully saturated rings. The van der Waals surface area contributed by atoms with Crippen LogP contribution in [0.1, 0.15) is 26.0 Å². The number of furan rings is 1. The van der Waals surface area contributed by atoms with Gasteiger partial charge in [-0.1, -0.05) is 18.2 Å². The van der Waals surface area contributed by atoms with Gasteiger partial charge in [0, 0.05) is 37.4 Å². The summed E-state index contributed by atoms with van der Waals surface area (Å²) in [5.74, 6) is 0.647. The maximum atomic E-state index is 12.2. The maximum absolute atomic E-state index is 12.2. The summed E-state index contributed by atoms with van der Waals surface area (Å²) < 4.78 is 5.73. The molecule has 1 atom stereocenters. The number of para-hydroxylation sites is 1. The van der Waals surface area contributed by atoms with Crippen molar-refractivity contribution in [3.8, 4) is 0 Å². The predicted molar refractivity (Wildman–Crippen MR) is 87.9 cm³/mol. The lowest BCUT2D eigenvalue weighted by atomic mass is 10.1. The molecule has 1 aromatic heterocycles. The number of fused-ring (bicyclic) bond motifs is 1. The largest absolute Gasteiger partial charge is 0.461 e. The summed E-state index contributed by atoms with van der Waals surface area (Å²) >= 11 is 0. The van der Waals surface area contributed by atoms with Crippen LogP contribution in [0.4, 0.5) is 0 Å². The molecule has 0 aliphatic carbocycles. The van der Waals surface area contributed by atoms with E-state index in [4.69, 9.17) is 4.42 Å². The number of rotatable bonds is 5. The Bertz CT molecular complexity index is 687. The Kier molecular flexibility index (Phi) is 4.37. The lowest BCUT2D eigenvalue weighted by Crippen LogP contribution is -2.36. The molecule has 1 unspecified atom stereocenters. The SMILES string of the molecule is CC(C)N1CC(C(=O)NCCc2cc3ccccc3o2)CC1=O. The fourth-order valence-corrected chi connectivity index (χ4v) is 3.02. The third-order valence-electron chi connectivity index (χ3n) is 4.30. The quantitative estimate of drug-likeness (QED) is 0.921. The molecule has 1 aliphatic heterocycles. The molecule has 2 amide bonds. The molecule has 2 aromatic rings. The lowest BCUT2D eigenvalue weighted by molar-refractivity contribution is -0.129. The molecule has 0 bridgehead atoms. The van der Waals surface area contributed by atoms with E-state index in [2.05, 4.69) is 5.32 Å². The minimum atomic E-state index is -0.236. The first-order valence-corrected chi connectivity index (χ1v) is 8.09. The fraction of sp³-hybridized carbons (Fsp3) is 0.444. The van der Waals surface area contributed by atoms with Gasteiger partial charge >= 0.3 is 0 Å². The van der Waals surface area contributed by atoms with Crippen molar-refractivity contribution in [3.63, 3.8) is 0 Å². The van der Waals surface area contributed by atoms with E-state index in [0.29, 0.717) is 25.9 Å². The van der Waals surface area contributed by atoms with Gasteiger partial charge in [-0.05, 0) is 26.0 Å². The van der Waals surface area contributed by atoms with Crippen LogP contribution in [-0.2, 0) is 16.0 Å². The Balaban J connectivity index is 1.50. The summed E-state index contributed by atoms with van der Waals surface area (Å²) in [7, 11) is 0. The second kappa shape index (κ2) is 6.44. The Morgan fingerprint density at radius 1 is 1.39 bits per heavy atom. The van der Waals surface area contributed by atoms with E-state index in [9.17, 15) is 9.59 Å². The van der Waals surface area contributed by atoms with Gasteiger partial charge in [-0.2, -0.15) is 0 Å². The molecule has 1 aliphatic rings. The van der Waals surface area contributed by atoms with Crippen molar-refractivity contribution < 1.29 is 14.0 Å². The Morgan fingerprint density at radius 2 is 2.17 bits per heavy atom. The van der Waals surface area contributed by atoms with E-state index >= 15 is 0 Å². The van der Waals surface area contributed by atoms with Gasteiger partial charge in [-0.15, -0.1) is 0 Å². The Labute approximate surface area is 135 Å². The molecular formula is C18H22N2O3. The van der Waals surface area contributed by atoms with Gasteiger partial charge in [-0.3, -0.25) is 9.59 Å². The molecule has 0 radical (unpaired) electrons. The van der Waals surface area contributed by atoms with Gasteiger partial charge in [0.25, 0.3) is 0 Å². The van der Waals surface area contributed by atoms with Crippen LogP contribution in [0.25, 0.3) is 11.0 Å². The van der Waals surface area contributed by atoms with Crippen molar-refractivity contribution in [1.29, 1.82) is 0 Å². The number of amides is 2. The molecule has 1 N–H and O–H groups in total. The molecule has 1 aromatic carbocycles. The summed E-state index contributed by atoms with van der Waals surface area (Å²) in [6.07, 6.45) is 0.962. The maximum Gasteiger partial charge on any atom is 0.225 e. The molecule has 0 spiro atoms. The van der Waals surface area contributed by atoms with Crippen LogP contribution in [0.5, 0.6) is 0 Å². The first-order chi connectivity index (χ1) is 11.0. The number of nitrogens with zero attached hydrogens (tertiary/aromatic N) is 1. The number of nitrogens with one attached hydrogen (secondary N) is 1. The number of benzene rings is 1. The van der Waals surface area contributed by atoms with Gasteiger partial charge < -0.3 is 14.6 Å². The van der Waals surface area contributed by atoms with Crippen LogP contribution < -0.4 is 5.32 Å². The van der Waals surface area contributed by atoms with Gasteiger partial charge in [-0.25, -0.2) is 0 Å². The van der Waals surface area contributed by atoms with E-state index in [1.807, 2.05) is 44.2 Å². The highest BCUT2D eigenvalue weighted by Gasteiger charge is 2.35. The Morgan fingerprint density at radius 3 is 2.87 bits per heavy atom. The first kappa shape index (κ1) is 15.6. The van der Waals surface area contributed by atoms with Crippen LogP contribution >= 0.6 is 0 Å². The van der Waals surface area contributed by atoms with Gasteiger partial charge in [0.15, 0.2) is 0 Å². The summed E-state index contributed by atoms with van der Waals surface area (Å²) in [6.45, 7) is 4.98. The molecule has 23 heavy (non-hydrogen) atoms. The molecular weight excluding hydrogens is 292 g/mol. The molecule has 0 saturated carbocycles. The highest BCUT2D eigenvalue weighted by atomic mass is 16.3. The molecule has 122 valence electrons. The average molecular weight is 314 g/mol. The van der Waals surface area contributed by atoms with Crippen LogP contribution in [0.2, 0.25) is 0 Å². The van der Waals surface area contributed by atoms with Crippen LogP contribution in [0, 0.1) is 5.92 Å². The number of carbonyl (C=O) groups excluding carboxylic acids is 2. The number of hydrogen-bond acceptors (Lipinski definition) is 3. The van der Waals surface area contributed by atoms with E-state index in [1.165, 1.54) is 0 Å². The van der Waals surface area contributed by atoms with Crippen molar-refractivity contribution in [2.24, 2.45) is 5.92 Å². The lowest BCUT2D eigenvalue weighted by Gasteiger charge is -2.20. The highest BCUT2D eigenvalue weighted by molar-refractivity contribution is 5.89. The van der Waals surface area contributed by atoms with Crippen molar-refractivity contribution in [2.75, 3.05) is 13.1 Å². The van der Waals surface area contributed by atoms with Crippen LogP contribution in [0.3, 0.4) is 0 Å². The standard InChI is InChI=1S/C18H22N2O3/c1-12(2)20-11-14(10-17(20)21)18(22)19-8-7-15-9-13-5-3-4-6-16(13)23-15/h3-6,9,12,14H,7-8,10-11H2,1-2H3,(H,19,22). The zero-order valence-corrected chi connectivity index (χ0v) is 13.5. The third-order valence-corrected chi connectivity index (χ3v) is 4.30.